The van der Waals surface area contributed by atoms with Crippen molar-refractivity contribution >= 4 is 10.0 Å². The molecule has 0 saturated heterocycles. The zero-order valence-electron chi connectivity index (χ0n) is 9.27. The van der Waals surface area contributed by atoms with Gasteiger partial charge in [0.15, 0.2) is 0 Å². The van der Waals surface area contributed by atoms with Gasteiger partial charge < -0.3 is 0 Å². The number of sulfonamides is 1. The fourth-order valence-electron chi connectivity index (χ4n) is 1.48. The highest BCUT2D eigenvalue weighted by Gasteiger charge is 2.18. The lowest BCUT2D eigenvalue weighted by atomic mass is 9.97. The maximum absolute atomic E-state index is 11.2. The highest BCUT2D eigenvalue weighted by atomic mass is 32.2. The van der Waals surface area contributed by atoms with Crippen LogP contribution in [0.3, 0.4) is 0 Å². The first-order chi connectivity index (χ1) is 6.90. The Labute approximate surface area is 91.6 Å². The molecule has 1 unspecified atom stereocenters. The molecule has 0 radical (unpaired) electrons. The maximum atomic E-state index is 11.2. The molecular weight excluding hydrogens is 210 g/mol. The quantitative estimate of drug-likeness (QED) is 0.854. The van der Waals surface area contributed by atoms with E-state index in [9.17, 15) is 8.42 Å². The number of rotatable bonds is 4. The molecule has 0 fully saturated rings. The third kappa shape index (κ3) is 4.01. The Kier molecular flexibility index (Phi) is 3.88. The predicted molar refractivity (Wildman–Crippen MR) is 62.0 cm³/mol. The van der Waals surface area contributed by atoms with Gasteiger partial charge in [-0.1, -0.05) is 44.2 Å². The van der Waals surface area contributed by atoms with Crippen molar-refractivity contribution in [3.8, 4) is 0 Å². The van der Waals surface area contributed by atoms with Gasteiger partial charge in [0.2, 0.25) is 10.0 Å². The molecule has 84 valence electrons. The molecule has 0 amide bonds. The van der Waals surface area contributed by atoms with E-state index in [2.05, 4.69) is 4.72 Å². The van der Waals surface area contributed by atoms with Gasteiger partial charge >= 0.3 is 0 Å². The van der Waals surface area contributed by atoms with Gasteiger partial charge in [0.1, 0.15) is 0 Å². The molecule has 1 rings (SSSR count). The van der Waals surface area contributed by atoms with E-state index in [4.69, 9.17) is 0 Å². The molecule has 4 heteroatoms. The Morgan fingerprint density at radius 2 is 1.67 bits per heavy atom. The molecule has 0 spiro atoms. The maximum Gasteiger partial charge on any atom is 0.209 e. The summed E-state index contributed by atoms with van der Waals surface area (Å²) in [5.74, 6) is 0.224. The van der Waals surface area contributed by atoms with Gasteiger partial charge in [0, 0.05) is 6.04 Å². The summed E-state index contributed by atoms with van der Waals surface area (Å²) in [6, 6.07) is 9.46. The van der Waals surface area contributed by atoms with Gasteiger partial charge in [-0.05, 0) is 11.5 Å². The van der Waals surface area contributed by atoms with Crippen molar-refractivity contribution < 1.29 is 8.42 Å². The van der Waals surface area contributed by atoms with Crippen molar-refractivity contribution in [2.45, 2.75) is 19.9 Å². The van der Waals surface area contributed by atoms with Gasteiger partial charge in [-0.15, -0.1) is 0 Å². The molecule has 1 atom stereocenters. The fraction of sp³-hybridized carbons (Fsp3) is 0.455. The lowest BCUT2D eigenvalue weighted by molar-refractivity contribution is 0.465. The molecule has 1 aromatic carbocycles. The molecule has 15 heavy (non-hydrogen) atoms. The molecule has 3 nitrogen and oxygen atoms in total. The van der Waals surface area contributed by atoms with Crippen molar-refractivity contribution in [2.24, 2.45) is 5.92 Å². The highest BCUT2D eigenvalue weighted by molar-refractivity contribution is 7.88. The van der Waals surface area contributed by atoms with Crippen LogP contribution in [0.5, 0.6) is 0 Å². The van der Waals surface area contributed by atoms with Crippen molar-refractivity contribution in [3.63, 3.8) is 0 Å². The predicted octanol–water partition coefficient (Wildman–Crippen LogP) is 1.93. The number of nitrogens with one attached hydrogen (secondary N) is 1. The zero-order chi connectivity index (χ0) is 11.5. The SMILES string of the molecule is CC(C)C(NS(C)(=O)=O)c1ccccc1. The number of hydrogen-bond donors (Lipinski definition) is 1. The van der Waals surface area contributed by atoms with Crippen LogP contribution in [0.4, 0.5) is 0 Å². The Morgan fingerprint density at radius 1 is 1.13 bits per heavy atom. The van der Waals surface area contributed by atoms with E-state index in [0.29, 0.717) is 0 Å². The molecule has 0 aliphatic rings. The van der Waals surface area contributed by atoms with Gasteiger partial charge in [-0.25, -0.2) is 13.1 Å². The molecule has 0 heterocycles. The Balaban J connectivity index is 2.95. The topological polar surface area (TPSA) is 46.2 Å². The average Bonchev–Trinajstić information content (AvgIpc) is 2.14. The zero-order valence-corrected chi connectivity index (χ0v) is 10.1. The Bertz CT molecular complexity index is 398. The summed E-state index contributed by atoms with van der Waals surface area (Å²) in [5.41, 5.74) is 0.998. The van der Waals surface area contributed by atoms with E-state index < -0.39 is 10.0 Å². The Morgan fingerprint density at radius 3 is 2.07 bits per heavy atom. The van der Waals surface area contributed by atoms with E-state index in [-0.39, 0.29) is 12.0 Å². The van der Waals surface area contributed by atoms with Gasteiger partial charge in [-0.3, -0.25) is 0 Å². The monoisotopic (exact) mass is 227 g/mol. The molecule has 0 aliphatic heterocycles. The minimum absolute atomic E-state index is 0.152. The third-order valence-corrected chi connectivity index (χ3v) is 2.85. The van der Waals surface area contributed by atoms with Crippen LogP contribution < -0.4 is 4.72 Å². The second-order valence-electron chi connectivity index (χ2n) is 4.02. The molecule has 0 bridgehead atoms. The van der Waals surface area contributed by atoms with Crippen LogP contribution in [0, 0.1) is 5.92 Å². The lowest BCUT2D eigenvalue weighted by Gasteiger charge is -2.21. The molecule has 0 saturated carbocycles. The molecule has 1 aromatic rings. The fourth-order valence-corrected chi connectivity index (χ4v) is 2.35. The van der Waals surface area contributed by atoms with E-state index in [1.165, 1.54) is 6.26 Å². The van der Waals surface area contributed by atoms with Gasteiger partial charge in [0.05, 0.1) is 6.26 Å². The van der Waals surface area contributed by atoms with E-state index in [0.717, 1.165) is 5.56 Å². The van der Waals surface area contributed by atoms with Crippen LogP contribution in [0.15, 0.2) is 30.3 Å². The summed E-state index contributed by atoms with van der Waals surface area (Å²) in [4.78, 5) is 0. The second-order valence-corrected chi connectivity index (χ2v) is 5.80. The van der Waals surface area contributed by atoms with Crippen molar-refractivity contribution in [3.05, 3.63) is 35.9 Å². The van der Waals surface area contributed by atoms with E-state index in [1.54, 1.807) is 0 Å². The van der Waals surface area contributed by atoms with Gasteiger partial charge in [0.25, 0.3) is 0 Å². The van der Waals surface area contributed by atoms with Crippen LogP contribution >= 0.6 is 0 Å². The second kappa shape index (κ2) is 4.77. The van der Waals surface area contributed by atoms with Gasteiger partial charge in [-0.2, -0.15) is 0 Å². The summed E-state index contributed by atoms with van der Waals surface area (Å²) < 4.78 is 25.1. The minimum atomic E-state index is -3.17. The normalized spacial score (nSPS) is 14.1. The summed E-state index contributed by atoms with van der Waals surface area (Å²) in [7, 11) is -3.17. The standard InChI is InChI=1S/C11H17NO2S/c1-9(2)11(12-15(3,13)14)10-7-5-4-6-8-10/h4-9,11-12H,1-3H3. The van der Waals surface area contributed by atoms with E-state index >= 15 is 0 Å². The summed E-state index contributed by atoms with van der Waals surface area (Å²) >= 11 is 0. The van der Waals surface area contributed by atoms with Crippen molar-refractivity contribution in [2.75, 3.05) is 6.26 Å². The molecule has 0 aliphatic carbocycles. The summed E-state index contributed by atoms with van der Waals surface area (Å²) in [6.07, 6.45) is 1.19. The van der Waals surface area contributed by atoms with Crippen molar-refractivity contribution in [1.29, 1.82) is 0 Å². The van der Waals surface area contributed by atoms with Crippen molar-refractivity contribution in [1.82, 2.24) is 4.72 Å². The van der Waals surface area contributed by atoms with Crippen LogP contribution in [-0.2, 0) is 10.0 Å². The molecule has 1 N–H and O–H groups in total. The average molecular weight is 227 g/mol. The third-order valence-electron chi connectivity index (χ3n) is 2.17. The minimum Gasteiger partial charge on any atom is -0.213 e. The molecule has 0 aromatic heterocycles. The Hall–Kier alpha value is -0.870. The number of benzene rings is 1. The largest absolute Gasteiger partial charge is 0.213 e. The van der Waals surface area contributed by atoms with Crippen LogP contribution in [0.2, 0.25) is 0 Å². The highest BCUT2D eigenvalue weighted by Crippen LogP contribution is 2.21. The molecular formula is C11H17NO2S. The van der Waals surface area contributed by atoms with Crippen LogP contribution in [0.25, 0.3) is 0 Å². The number of hydrogen-bond acceptors (Lipinski definition) is 2. The first kappa shape index (κ1) is 12.2. The first-order valence-corrected chi connectivity index (χ1v) is 6.81. The first-order valence-electron chi connectivity index (χ1n) is 4.92. The van der Waals surface area contributed by atoms with Crippen LogP contribution in [0.1, 0.15) is 25.5 Å². The van der Waals surface area contributed by atoms with Crippen LogP contribution in [-0.4, -0.2) is 14.7 Å². The smallest absolute Gasteiger partial charge is 0.209 e. The summed E-state index contributed by atoms with van der Waals surface area (Å²) in [6.45, 7) is 3.99. The lowest BCUT2D eigenvalue weighted by Crippen LogP contribution is -2.30. The summed E-state index contributed by atoms with van der Waals surface area (Å²) in [5, 5.41) is 0. The van der Waals surface area contributed by atoms with E-state index in [1.807, 2.05) is 44.2 Å².